The summed E-state index contributed by atoms with van der Waals surface area (Å²) >= 11 is 1.73. The number of hydrogen-bond donors (Lipinski definition) is 0. The van der Waals surface area contributed by atoms with Gasteiger partial charge in [0.1, 0.15) is 0 Å². The number of pyridine rings is 1. The molecule has 0 amide bonds. The highest BCUT2D eigenvalue weighted by atomic mass is 32.1. The van der Waals surface area contributed by atoms with Crippen LogP contribution in [0, 0.1) is 6.20 Å². The molecular weight excluding hydrogens is 154 g/mol. The zero-order chi connectivity index (χ0) is 7.52. The Morgan fingerprint density at radius 1 is 1.36 bits per heavy atom. The fourth-order valence-electron chi connectivity index (χ4n) is 0.912. The van der Waals surface area contributed by atoms with E-state index >= 15 is 0 Å². The van der Waals surface area contributed by atoms with Crippen LogP contribution in [0.5, 0.6) is 0 Å². The Hall–Kier alpha value is -1.15. The molecule has 0 aliphatic carbocycles. The van der Waals surface area contributed by atoms with Gasteiger partial charge in [0.2, 0.25) is 0 Å². The molecule has 2 heterocycles. The van der Waals surface area contributed by atoms with E-state index in [9.17, 15) is 0 Å². The predicted octanol–water partition coefficient (Wildman–Crippen LogP) is 2.61. The summed E-state index contributed by atoms with van der Waals surface area (Å²) in [4.78, 5) is 5.10. The molecule has 2 rings (SSSR count). The number of aromatic nitrogens is 1. The van der Waals surface area contributed by atoms with Gasteiger partial charge in [-0.15, -0.1) is 11.3 Å². The van der Waals surface area contributed by atoms with Crippen LogP contribution >= 0.6 is 11.3 Å². The molecule has 0 bridgehead atoms. The number of nitrogens with zero attached hydrogens (tertiary/aromatic N) is 1. The summed E-state index contributed by atoms with van der Waals surface area (Å²) < 4.78 is 0. The normalized spacial score (nSPS) is 9.82. The second kappa shape index (κ2) is 2.84. The van der Waals surface area contributed by atoms with E-state index in [2.05, 4.69) is 22.6 Å². The molecule has 0 saturated carbocycles. The first-order chi connectivity index (χ1) is 5.47. The molecule has 0 aromatic carbocycles. The lowest BCUT2D eigenvalue weighted by atomic mass is 10.2. The summed E-state index contributed by atoms with van der Waals surface area (Å²) in [6.07, 6.45) is 4.56. The van der Waals surface area contributed by atoms with E-state index in [1.807, 2.05) is 18.2 Å². The summed E-state index contributed by atoms with van der Waals surface area (Å²) in [5, 5.41) is 2.07. The van der Waals surface area contributed by atoms with Crippen molar-refractivity contribution < 1.29 is 0 Å². The SMILES string of the molecule is [c]1cc(-c2cccs2)ccn1. The highest BCUT2D eigenvalue weighted by Gasteiger charge is 1.94. The van der Waals surface area contributed by atoms with E-state index in [1.165, 1.54) is 10.4 Å². The molecule has 0 spiro atoms. The number of hydrogen-bond acceptors (Lipinski definition) is 2. The minimum Gasteiger partial charge on any atom is -0.255 e. The predicted molar refractivity (Wildman–Crippen MR) is 46.4 cm³/mol. The van der Waals surface area contributed by atoms with Gasteiger partial charge in [0, 0.05) is 11.1 Å². The van der Waals surface area contributed by atoms with Crippen molar-refractivity contribution >= 4 is 11.3 Å². The molecule has 2 aromatic heterocycles. The van der Waals surface area contributed by atoms with Crippen LogP contribution in [0.3, 0.4) is 0 Å². The average Bonchev–Trinajstić information content (AvgIpc) is 2.58. The highest BCUT2D eigenvalue weighted by molar-refractivity contribution is 7.13. The second-order valence-corrected chi connectivity index (χ2v) is 3.10. The molecule has 53 valence electrons. The average molecular weight is 160 g/mol. The lowest BCUT2D eigenvalue weighted by molar-refractivity contribution is 1.32. The zero-order valence-corrected chi connectivity index (χ0v) is 6.64. The van der Waals surface area contributed by atoms with Crippen LogP contribution in [-0.4, -0.2) is 4.98 Å². The van der Waals surface area contributed by atoms with Crippen LogP contribution in [-0.2, 0) is 0 Å². The van der Waals surface area contributed by atoms with E-state index in [4.69, 9.17) is 0 Å². The maximum absolute atomic E-state index is 3.83. The summed E-state index contributed by atoms with van der Waals surface area (Å²) in [5.74, 6) is 0. The molecule has 1 radical (unpaired) electrons. The fourth-order valence-corrected chi connectivity index (χ4v) is 1.64. The standard InChI is InChI=1S/C9H6NS/c1-2-9(11-7-1)8-3-5-10-6-4-8/h1-5,7H. The molecule has 0 aliphatic heterocycles. The van der Waals surface area contributed by atoms with Gasteiger partial charge in [-0.3, -0.25) is 4.98 Å². The maximum Gasteiger partial charge on any atom is 0.0892 e. The number of thiophene rings is 1. The first-order valence-electron chi connectivity index (χ1n) is 3.33. The molecule has 0 unspecified atom stereocenters. The molecule has 0 N–H and O–H groups in total. The molecule has 1 nitrogen and oxygen atoms in total. The van der Waals surface area contributed by atoms with E-state index in [1.54, 1.807) is 17.5 Å². The van der Waals surface area contributed by atoms with Crippen LogP contribution in [0.4, 0.5) is 0 Å². The van der Waals surface area contributed by atoms with Crippen LogP contribution < -0.4 is 0 Å². The van der Waals surface area contributed by atoms with Gasteiger partial charge >= 0.3 is 0 Å². The Labute approximate surface area is 69.3 Å². The summed E-state index contributed by atoms with van der Waals surface area (Å²) in [6, 6.07) is 8.02. The Morgan fingerprint density at radius 2 is 2.36 bits per heavy atom. The van der Waals surface area contributed by atoms with E-state index in [0.29, 0.717) is 0 Å². The monoisotopic (exact) mass is 160 g/mol. The van der Waals surface area contributed by atoms with Gasteiger partial charge in [0.05, 0.1) is 6.20 Å². The van der Waals surface area contributed by atoms with Gasteiger partial charge in [0.25, 0.3) is 0 Å². The topological polar surface area (TPSA) is 12.9 Å². The smallest absolute Gasteiger partial charge is 0.0892 e. The first-order valence-corrected chi connectivity index (χ1v) is 4.21. The molecule has 2 heteroatoms. The number of rotatable bonds is 1. The third-order valence-electron chi connectivity index (χ3n) is 1.43. The first kappa shape index (κ1) is 6.55. The van der Waals surface area contributed by atoms with E-state index < -0.39 is 0 Å². The van der Waals surface area contributed by atoms with Crippen molar-refractivity contribution in [2.75, 3.05) is 0 Å². The van der Waals surface area contributed by atoms with Crippen molar-refractivity contribution in [2.45, 2.75) is 0 Å². The Balaban J connectivity index is 2.46. The Morgan fingerprint density at radius 3 is 3.00 bits per heavy atom. The van der Waals surface area contributed by atoms with Gasteiger partial charge in [-0.25, -0.2) is 0 Å². The van der Waals surface area contributed by atoms with Gasteiger partial charge in [-0.05, 0) is 29.1 Å². The molecule has 0 atom stereocenters. The largest absolute Gasteiger partial charge is 0.255 e. The van der Waals surface area contributed by atoms with Gasteiger partial charge < -0.3 is 0 Å². The molecule has 2 aromatic rings. The molecule has 0 saturated heterocycles. The maximum atomic E-state index is 3.83. The van der Waals surface area contributed by atoms with Crippen molar-refractivity contribution in [1.82, 2.24) is 4.98 Å². The lowest BCUT2D eigenvalue weighted by Crippen LogP contribution is -1.72. The summed E-state index contributed by atoms with van der Waals surface area (Å²) in [7, 11) is 0. The fraction of sp³-hybridized carbons (Fsp3) is 0. The molecular formula is C9H6NS. The Kier molecular flexibility index (Phi) is 1.69. The molecule has 0 fully saturated rings. The second-order valence-electron chi connectivity index (χ2n) is 2.15. The van der Waals surface area contributed by atoms with Crippen LogP contribution in [0.1, 0.15) is 0 Å². The van der Waals surface area contributed by atoms with E-state index in [-0.39, 0.29) is 0 Å². The van der Waals surface area contributed by atoms with Crippen molar-refractivity contribution in [3.8, 4) is 10.4 Å². The minimum absolute atomic E-state index is 1.19. The lowest BCUT2D eigenvalue weighted by Gasteiger charge is -1.92. The van der Waals surface area contributed by atoms with Crippen molar-refractivity contribution in [3.05, 3.63) is 42.0 Å². The quantitative estimate of drug-likeness (QED) is 0.625. The summed E-state index contributed by atoms with van der Waals surface area (Å²) in [5.41, 5.74) is 1.19. The molecule has 0 aliphatic rings. The Bertz CT molecular complexity index is 313. The zero-order valence-electron chi connectivity index (χ0n) is 5.82. The third-order valence-corrected chi connectivity index (χ3v) is 2.35. The van der Waals surface area contributed by atoms with Crippen molar-refractivity contribution in [1.29, 1.82) is 0 Å². The van der Waals surface area contributed by atoms with E-state index in [0.717, 1.165) is 0 Å². The van der Waals surface area contributed by atoms with Crippen LogP contribution in [0.15, 0.2) is 35.8 Å². The van der Waals surface area contributed by atoms with Gasteiger partial charge in [-0.2, -0.15) is 0 Å². The molecule has 11 heavy (non-hydrogen) atoms. The van der Waals surface area contributed by atoms with Crippen molar-refractivity contribution in [3.63, 3.8) is 0 Å². The van der Waals surface area contributed by atoms with Crippen LogP contribution in [0.2, 0.25) is 0 Å². The summed E-state index contributed by atoms with van der Waals surface area (Å²) in [6.45, 7) is 0. The van der Waals surface area contributed by atoms with Crippen molar-refractivity contribution in [2.24, 2.45) is 0 Å². The third kappa shape index (κ3) is 1.30. The van der Waals surface area contributed by atoms with Gasteiger partial charge in [-0.1, -0.05) is 6.07 Å². The van der Waals surface area contributed by atoms with Gasteiger partial charge in [0.15, 0.2) is 0 Å². The highest BCUT2D eigenvalue weighted by Crippen LogP contribution is 2.22. The minimum atomic E-state index is 1.19. The van der Waals surface area contributed by atoms with Crippen LogP contribution in [0.25, 0.3) is 10.4 Å².